The number of carbonyl (C=O) groups excluding carboxylic acids is 2. The highest BCUT2D eigenvalue weighted by molar-refractivity contribution is 7.98. The number of piperidine rings is 1. The maximum absolute atomic E-state index is 13.4. The molecule has 2 aromatic carbocycles. The Hall–Kier alpha value is -3.81. The van der Waals surface area contributed by atoms with E-state index in [0.717, 1.165) is 17.8 Å². The molecule has 1 unspecified atom stereocenters. The van der Waals surface area contributed by atoms with Crippen LogP contribution in [0.4, 0.5) is 19.1 Å². The smallest absolute Gasteiger partial charge is 0.433 e. The average molecular weight is 683 g/mol. The van der Waals surface area contributed by atoms with E-state index in [1.165, 1.54) is 30.0 Å². The van der Waals surface area contributed by atoms with Crippen molar-refractivity contribution in [1.82, 2.24) is 20.6 Å². The van der Waals surface area contributed by atoms with Gasteiger partial charge in [0, 0.05) is 36.7 Å². The molecule has 1 aliphatic heterocycles. The van der Waals surface area contributed by atoms with Crippen LogP contribution in [-0.2, 0) is 26.3 Å². The molecule has 4 rings (SSSR count). The summed E-state index contributed by atoms with van der Waals surface area (Å²) in [6, 6.07) is 13.5. The molecule has 1 saturated heterocycles. The van der Waals surface area contributed by atoms with Gasteiger partial charge in [0.15, 0.2) is 0 Å². The Morgan fingerprint density at radius 3 is 2.42 bits per heavy atom. The summed E-state index contributed by atoms with van der Waals surface area (Å²) in [6.45, 7) is 0.411. The van der Waals surface area contributed by atoms with E-state index in [1.807, 2.05) is 30.3 Å². The van der Waals surface area contributed by atoms with Crippen LogP contribution in [0.5, 0.6) is 0 Å². The lowest BCUT2D eigenvalue weighted by Gasteiger charge is -2.31. The third-order valence-electron chi connectivity index (χ3n) is 6.84. The number of nitrogens with one attached hydrogen (secondary N) is 2. The van der Waals surface area contributed by atoms with Crippen LogP contribution in [0.1, 0.15) is 29.7 Å². The predicted octanol–water partition coefficient (Wildman–Crippen LogP) is 5.68. The molecule has 1 fully saturated rings. The molecule has 0 spiro atoms. The molecule has 15 heteroatoms. The fraction of sp³-hybridized carbons (Fsp3) is 0.300. The Kier molecular flexibility index (Phi) is 11.7. The first kappa shape index (κ1) is 34.1. The lowest BCUT2D eigenvalue weighted by molar-refractivity contribution is -0.141. The minimum absolute atomic E-state index is 0.0695. The molecule has 45 heavy (non-hydrogen) atoms. The van der Waals surface area contributed by atoms with Crippen molar-refractivity contribution in [2.75, 3.05) is 23.7 Å². The molecule has 1 aromatic heterocycles. The second-order valence-corrected chi connectivity index (χ2v) is 11.9. The molecule has 0 aliphatic carbocycles. The van der Waals surface area contributed by atoms with E-state index in [2.05, 4.69) is 20.6 Å². The van der Waals surface area contributed by atoms with Crippen LogP contribution in [0, 0.1) is 5.92 Å². The summed E-state index contributed by atoms with van der Waals surface area (Å²) in [6.07, 6.45) is -1.72. The molecule has 0 bridgehead atoms. The number of carboxylic acids is 1. The van der Waals surface area contributed by atoms with Gasteiger partial charge in [-0.1, -0.05) is 59.6 Å². The first-order valence-corrected chi connectivity index (χ1v) is 15.6. The molecule has 1 aliphatic rings. The number of hydrogen-bond donors (Lipinski definition) is 3. The second-order valence-electron chi connectivity index (χ2n) is 10.1. The lowest BCUT2D eigenvalue weighted by atomic mass is 9.96. The third kappa shape index (κ3) is 9.84. The summed E-state index contributed by atoms with van der Waals surface area (Å²) in [5.74, 6) is -2.65. The van der Waals surface area contributed by atoms with Crippen molar-refractivity contribution >= 4 is 64.8 Å². The summed E-state index contributed by atoms with van der Waals surface area (Å²) in [5.41, 5.74) is 0.155. The van der Waals surface area contributed by atoms with Crippen LogP contribution in [0.15, 0.2) is 66.5 Å². The normalized spacial score (nSPS) is 15.0. The first-order valence-electron chi connectivity index (χ1n) is 13.7. The highest BCUT2D eigenvalue weighted by Gasteiger charge is 2.34. The SMILES string of the molecule is O=C(NC(CSCc1ccccc1)C(=O)O)C(=Cc1ccc(Cl)c(Cl)c1)NC(=O)C1CCN(c2nccc(C(F)(F)F)n2)CC1. The number of benzene rings is 2. The fourth-order valence-corrected chi connectivity index (χ4v) is 5.76. The van der Waals surface area contributed by atoms with E-state index in [-0.39, 0.29) is 53.4 Å². The van der Waals surface area contributed by atoms with Gasteiger partial charge in [0.25, 0.3) is 5.91 Å². The van der Waals surface area contributed by atoms with Gasteiger partial charge in [-0.05, 0) is 48.2 Å². The third-order valence-corrected chi connectivity index (χ3v) is 8.68. The number of amides is 2. The van der Waals surface area contributed by atoms with Crippen molar-refractivity contribution in [3.8, 4) is 0 Å². The minimum atomic E-state index is -4.62. The summed E-state index contributed by atoms with van der Waals surface area (Å²) in [4.78, 5) is 47.8. The van der Waals surface area contributed by atoms with E-state index in [1.54, 1.807) is 11.0 Å². The Labute approximate surface area is 271 Å². The van der Waals surface area contributed by atoms with Crippen molar-refractivity contribution in [3.63, 3.8) is 0 Å². The van der Waals surface area contributed by atoms with Gasteiger partial charge >= 0.3 is 12.1 Å². The standard InChI is InChI=1S/C30H28Cl2F3N5O4S/c31-21-7-6-19(14-22(21)32)15-23(27(42)38-24(28(43)44)17-45-16-18-4-2-1-3-5-18)37-26(41)20-9-12-40(13-10-20)29-36-11-8-25(39-29)30(33,34)35/h1-8,11,14-15,20,24H,9-10,12-13,16-17H2,(H,37,41)(H,38,42)(H,43,44). The number of halogens is 5. The maximum atomic E-state index is 13.4. The second kappa shape index (κ2) is 15.5. The number of thioether (sulfide) groups is 1. The fourth-order valence-electron chi connectivity index (χ4n) is 4.44. The maximum Gasteiger partial charge on any atom is 0.433 e. The van der Waals surface area contributed by atoms with E-state index in [9.17, 15) is 32.7 Å². The summed E-state index contributed by atoms with van der Waals surface area (Å²) >= 11 is 13.5. The van der Waals surface area contributed by atoms with Crippen LogP contribution < -0.4 is 15.5 Å². The molecular weight excluding hydrogens is 654 g/mol. The summed E-state index contributed by atoms with van der Waals surface area (Å²) in [5, 5.41) is 15.4. The average Bonchev–Trinajstić information content (AvgIpc) is 3.02. The number of rotatable bonds is 11. The Balaban J connectivity index is 1.45. The van der Waals surface area contributed by atoms with Crippen LogP contribution in [-0.4, -0.2) is 57.7 Å². The summed E-state index contributed by atoms with van der Waals surface area (Å²) < 4.78 is 39.3. The van der Waals surface area contributed by atoms with E-state index < -0.39 is 41.6 Å². The van der Waals surface area contributed by atoms with E-state index >= 15 is 0 Å². The monoisotopic (exact) mass is 681 g/mol. The number of hydrogen-bond acceptors (Lipinski definition) is 7. The highest BCUT2D eigenvalue weighted by atomic mass is 35.5. The lowest BCUT2D eigenvalue weighted by Crippen LogP contribution is -2.47. The van der Waals surface area contributed by atoms with Gasteiger partial charge in [0.05, 0.1) is 10.0 Å². The van der Waals surface area contributed by atoms with Gasteiger partial charge in [0.2, 0.25) is 11.9 Å². The molecule has 1 atom stereocenters. The number of anilines is 1. The zero-order valence-electron chi connectivity index (χ0n) is 23.6. The van der Waals surface area contributed by atoms with Crippen LogP contribution >= 0.6 is 35.0 Å². The molecule has 2 amide bonds. The molecule has 238 valence electrons. The molecule has 9 nitrogen and oxygen atoms in total. The van der Waals surface area contributed by atoms with E-state index in [4.69, 9.17) is 23.2 Å². The van der Waals surface area contributed by atoms with Crippen molar-refractivity contribution in [3.05, 3.63) is 93.4 Å². The largest absolute Gasteiger partial charge is 0.480 e. The number of carbonyl (C=O) groups is 3. The Morgan fingerprint density at radius 2 is 1.78 bits per heavy atom. The van der Waals surface area contributed by atoms with Crippen LogP contribution in [0.2, 0.25) is 10.0 Å². The molecule has 3 N–H and O–H groups in total. The molecule has 0 saturated carbocycles. The number of alkyl halides is 3. The first-order chi connectivity index (χ1) is 21.4. The predicted molar refractivity (Wildman–Crippen MR) is 167 cm³/mol. The van der Waals surface area contributed by atoms with Gasteiger partial charge in [-0.3, -0.25) is 9.59 Å². The van der Waals surface area contributed by atoms with Crippen LogP contribution in [0.3, 0.4) is 0 Å². The number of aliphatic carboxylic acids is 1. The van der Waals surface area contributed by atoms with Crippen molar-refractivity contribution in [2.24, 2.45) is 5.92 Å². The topological polar surface area (TPSA) is 125 Å². The molecule has 3 aromatic rings. The van der Waals surface area contributed by atoms with E-state index in [0.29, 0.717) is 11.3 Å². The van der Waals surface area contributed by atoms with Crippen molar-refractivity contribution in [1.29, 1.82) is 0 Å². The number of aromatic nitrogens is 2. The zero-order chi connectivity index (χ0) is 32.6. The van der Waals surface area contributed by atoms with Gasteiger partial charge < -0.3 is 20.6 Å². The number of nitrogens with zero attached hydrogens (tertiary/aromatic N) is 3. The summed E-state index contributed by atoms with van der Waals surface area (Å²) in [7, 11) is 0. The zero-order valence-corrected chi connectivity index (χ0v) is 25.9. The number of carboxylic acid groups (broad SMARTS) is 1. The van der Waals surface area contributed by atoms with Gasteiger partial charge in [-0.25, -0.2) is 14.8 Å². The van der Waals surface area contributed by atoms with Crippen molar-refractivity contribution < 1.29 is 32.7 Å². The van der Waals surface area contributed by atoms with Crippen LogP contribution in [0.25, 0.3) is 6.08 Å². The Bertz CT molecular complexity index is 1550. The Morgan fingerprint density at radius 1 is 1.07 bits per heavy atom. The quantitative estimate of drug-likeness (QED) is 0.221. The molecular formula is C30H28Cl2F3N5O4S. The molecule has 0 radical (unpaired) electrons. The molecule has 2 heterocycles. The van der Waals surface area contributed by atoms with Gasteiger partial charge in [-0.15, -0.1) is 0 Å². The minimum Gasteiger partial charge on any atom is -0.480 e. The van der Waals surface area contributed by atoms with Gasteiger partial charge in [0.1, 0.15) is 17.4 Å². The van der Waals surface area contributed by atoms with Gasteiger partial charge in [-0.2, -0.15) is 24.9 Å². The van der Waals surface area contributed by atoms with Crippen molar-refractivity contribution in [2.45, 2.75) is 30.8 Å². The highest BCUT2D eigenvalue weighted by Crippen LogP contribution is 2.29.